The first-order valence-electron chi connectivity index (χ1n) is 7.91. The van der Waals surface area contributed by atoms with Crippen LogP contribution in [0.5, 0.6) is 0 Å². The topological polar surface area (TPSA) is 40.5 Å². The van der Waals surface area contributed by atoms with Crippen molar-refractivity contribution in [2.24, 2.45) is 17.3 Å². The Morgan fingerprint density at radius 3 is 2.57 bits per heavy atom. The molecule has 2 aliphatic rings. The molecule has 1 saturated heterocycles. The van der Waals surface area contributed by atoms with Crippen molar-refractivity contribution < 1.29 is 9.90 Å². The average Bonchev–Trinajstić information content (AvgIpc) is 2.83. The number of aliphatic hydroxyl groups is 1. The zero-order chi connectivity index (χ0) is 16.8. The van der Waals surface area contributed by atoms with Crippen LogP contribution in [-0.2, 0) is 4.79 Å². The van der Waals surface area contributed by atoms with Gasteiger partial charge in [-0.05, 0) is 35.4 Å². The summed E-state index contributed by atoms with van der Waals surface area (Å²) in [5.41, 5.74) is 0.804. The van der Waals surface area contributed by atoms with Gasteiger partial charge in [0.05, 0.1) is 12.0 Å². The van der Waals surface area contributed by atoms with Gasteiger partial charge in [0, 0.05) is 23.1 Å². The first-order chi connectivity index (χ1) is 10.8. The molecule has 23 heavy (non-hydrogen) atoms. The highest BCUT2D eigenvalue weighted by atomic mass is 35.5. The van der Waals surface area contributed by atoms with Crippen LogP contribution in [0.15, 0.2) is 30.3 Å². The summed E-state index contributed by atoms with van der Waals surface area (Å²) < 4.78 is 0. The monoisotopic (exact) mass is 353 g/mol. The van der Waals surface area contributed by atoms with E-state index in [9.17, 15) is 9.90 Å². The van der Waals surface area contributed by atoms with Gasteiger partial charge in [-0.2, -0.15) is 0 Å². The van der Waals surface area contributed by atoms with E-state index in [0.717, 1.165) is 5.56 Å². The van der Waals surface area contributed by atoms with Crippen LogP contribution in [0.3, 0.4) is 0 Å². The van der Waals surface area contributed by atoms with Gasteiger partial charge in [0.15, 0.2) is 0 Å². The van der Waals surface area contributed by atoms with E-state index in [4.69, 9.17) is 23.2 Å². The molecule has 0 bridgehead atoms. The summed E-state index contributed by atoms with van der Waals surface area (Å²) in [5.74, 6) is 0.193. The van der Waals surface area contributed by atoms with Crippen LogP contribution < -0.4 is 0 Å². The summed E-state index contributed by atoms with van der Waals surface area (Å²) in [6.07, 6.45) is 2.28. The molecule has 0 aromatic heterocycles. The molecule has 1 heterocycles. The van der Waals surface area contributed by atoms with Crippen LogP contribution in [0.25, 0.3) is 5.03 Å². The Labute approximate surface area is 146 Å². The molecule has 0 unspecified atom stereocenters. The van der Waals surface area contributed by atoms with E-state index in [0.29, 0.717) is 29.6 Å². The number of amides is 1. The lowest BCUT2D eigenvalue weighted by molar-refractivity contribution is -0.132. The lowest BCUT2D eigenvalue weighted by Gasteiger charge is -2.16. The molecule has 1 aliphatic carbocycles. The van der Waals surface area contributed by atoms with Gasteiger partial charge in [0.2, 0.25) is 5.91 Å². The third-order valence-electron chi connectivity index (χ3n) is 5.10. The Balaban J connectivity index is 1.74. The molecule has 0 spiro atoms. The second kappa shape index (κ2) is 6.12. The number of β-amino-alcohol motifs (C(OH)–C–C–N with tert-alkyl or cyclic N) is 1. The molecule has 5 heteroatoms. The average molecular weight is 354 g/mol. The number of rotatable bonds is 3. The Kier molecular flexibility index (Phi) is 4.47. The Morgan fingerprint density at radius 1 is 1.35 bits per heavy atom. The zero-order valence-corrected chi connectivity index (χ0v) is 14.8. The highest BCUT2D eigenvalue weighted by molar-refractivity contribution is 6.48. The highest BCUT2D eigenvalue weighted by Crippen LogP contribution is 2.60. The van der Waals surface area contributed by atoms with Gasteiger partial charge in [0.25, 0.3) is 0 Å². The molecule has 0 radical (unpaired) electrons. The number of carbonyl (C=O) groups excluding carboxylic acids is 1. The first kappa shape index (κ1) is 16.8. The molecule has 2 fully saturated rings. The number of hydrogen-bond acceptors (Lipinski definition) is 2. The van der Waals surface area contributed by atoms with E-state index < -0.39 is 0 Å². The van der Waals surface area contributed by atoms with Gasteiger partial charge < -0.3 is 10.0 Å². The largest absolute Gasteiger partial charge is 0.391 e. The van der Waals surface area contributed by atoms with Crippen molar-refractivity contribution in [2.45, 2.75) is 26.4 Å². The maximum atomic E-state index is 12.7. The maximum absolute atomic E-state index is 12.7. The SMILES string of the molecule is CC1(C)[C@@H](/C=C(\Cl)c2ccc(Cl)cc2)[C@@H]1C(=O)N1CC[C@@H](O)C1. The van der Waals surface area contributed by atoms with Gasteiger partial charge in [-0.3, -0.25) is 4.79 Å². The van der Waals surface area contributed by atoms with E-state index in [1.165, 1.54) is 0 Å². The van der Waals surface area contributed by atoms with Crippen LogP contribution in [0.4, 0.5) is 0 Å². The normalized spacial score (nSPS) is 29.7. The fraction of sp³-hybridized carbons (Fsp3) is 0.500. The summed E-state index contributed by atoms with van der Waals surface area (Å²) >= 11 is 12.3. The Bertz CT molecular complexity index is 639. The summed E-state index contributed by atoms with van der Waals surface area (Å²) in [4.78, 5) is 14.4. The van der Waals surface area contributed by atoms with Crippen LogP contribution in [0.2, 0.25) is 5.02 Å². The Hall–Kier alpha value is -1.03. The molecule has 3 nitrogen and oxygen atoms in total. The molecular weight excluding hydrogens is 333 g/mol. The summed E-state index contributed by atoms with van der Waals surface area (Å²) in [5, 5.41) is 10.9. The minimum Gasteiger partial charge on any atom is -0.391 e. The number of likely N-dealkylation sites (tertiary alicyclic amines) is 1. The minimum absolute atomic E-state index is 0.0612. The maximum Gasteiger partial charge on any atom is 0.226 e. The van der Waals surface area contributed by atoms with Gasteiger partial charge in [-0.1, -0.05) is 55.3 Å². The second-order valence-corrected chi connectivity index (χ2v) is 7.92. The van der Waals surface area contributed by atoms with Crippen molar-refractivity contribution in [3.8, 4) is 0 Å². The number of halogens is 2. The van der Waals surface area contributed by atoms with Gasteiger partial charge >= 0.3 is 0 Å². The third-order valence-corrected chi connectivity index (χ3v) is 5.69. The quantitative estimate of drug-likeness (QED) is 0.897. The predicted molar refractivity (Wildman–Crippen MR) is 93.2 cm³/mol. The van der Waals surface area contributed by atoms with E-state index in [1.54, 1.807) is 17.0 Å². The van der Waals surface area contributed by atoms with Crippen molar-refractivity contribution in [1.29, 1.82) is 0 Å². The molecule has 1 amide bonds. The van der Waals surface area contributed by atoms with Crippen molar-refractivity contribution in [2.75, 3.05) is 13.1 Å². The summed E-state index contributed by atoms with van der Waals surface area (Å²) in [6, 6.07) is 7.37. The third kappa shape index (κ3) is 3.28. The fourth-order valence-corrected chi connectivity index (χ4v) is 3.85. The van der Waals surface area contributed by atoms with Crippen molar-refractivity contribution in [3.05, 3.63) is 40.9 Å². The molecule has 3 rings (SSSR count). The van der Waals surface area contributed by atoms with Gasteiger partial charge in [-0.25, -0.2) is 0 Å². The lowest BCUT2D eigenvalue weighted by atomic mass is 10.1. The van der Waals surface area contributed by atoms with E-state index in [1.807, 2.05) is 18.2 Å². The number of nitrogens with zero attached hydrogens (tertiary/aromatic N) is 1. The molecule has 124 valence electrons. The van der Waals surface area contributed by atoms with E-state index in [-0.39, 0.29) is 29.3 Å². The first-order valence-corrected chi connectivity index (χ1v) is 8.66. The van der Waals surface area contributed by atoms with Gasteiger partial charge in [-0.15, -0.1) is 0 Å². The number of aliphatic hydroxyl groups excluding tert-OH is 1. The van der Waals surface area contributed by atoms with E-state index in [2.05, 4.69) is 13.8 Å². The van der Waals surface area contributed by atoms with Crippen LogP contribution >= 0.6 is 23.2 Å². The highest BCUT2D eigenvalue weighted by Gasteiger charge is 2.61. The Morgan fingerprint density at radius 2 is 2.00 bits per heavy atom. The lowest BCUT2D eigenvalue weighted by Crippen LogP contribution is -2.32. The molecular formula is C18H21Cl2NO2. The second-order valence-electron chi connectivity index (χ2n) is 7.07. The smallest absolute Gasteiger partial charge is 0.226 e. The van der Waals surface area contributed by atoms with Gasteiger partial charge in [0.1, 0.15) is 0 Å². The molecule has 1 aliphatic heterocycles. The molecule has 1 aromatic rings. The standard InChI is InChI=1S/C18H21Cl2NO2/c1-18(2)14(9-15(20)11-3-5-12(19)6-4-11)16(18)17(23)21-8-7-13(22)10-21/h3-6,9,13-14,16,22H,7-8,10H2,1-2H3/b15-9-/t13-,14+,16-/m1/s1. The van der Waals surface area contributed by atoms with Crippen LogP contribution in [0, 0.1) is 17.3 Å². The number of hydrogen-bond donors (Lipinski definition) is 1. The minimum atomic E-state index is -0.382. The molecule has 1 saturated carbocycles. The number of allylic oxidation sites excluding steroid dienone is 1. The molecule has 1 N–H and O–H groups in total. The fourth-order valence-electron chi connectivity index (χ4n) is 3.46. The van der Waals surface area contributed by atoms with Crippen molar-refractivity contribution in [3.63, 3.8) is 0 Å². The van der Waals surface area contributed by atoms with Crippen molar-refractivity contribution in [1.82, 2.24) is 4.90 Å². The number of benzene rings is 1. The van der Waals surface area contributed by atoms with Crippen LogP contribution in [-0.4, -0.2) is 35.1 Å². The number of carbonyl (C=O) groups is 1. The molecule has 1 aromatic carbocycles. The van der Waals surface area contributed by atoms with Crippen molar-refractivity contribution >= 4 is 34.1 Å². The summed E-state index contributed by atoms with van der Waals surface area (Å²) in [6.45, 7) is 5.28. The van der Waals surface area contributed by atoms with Crippen LogP contribution in [0.1, 0.15) is 25.8 Å². The predicted octanol–water partition coefficient (Wildman–Crippen LogP) is 3.79. The summed E-state index contributed by atoms with van der Waals surface area (Å²) in [7, 11) is 0. The van der Waals surface area contributed by atoms with E-state index >= 15 is 0 Å². The zero-order valence-electron chi connectivity index (χ0n) is 13.3. The molecule has 3 atom stereocenters.